The van der Waals surface area contributed by atoms with Crippen LogP contribution in [0.5, 0.6) is 0 Å². The van der Waals surface area contributed by atoms with E-state index in [-0.39, 0.29) is 0 Å². The zero-order chi connectivity index (χ0) is 10.6. The fourth-order valence-corrected chi connectivity index (χ4v) is 1.58. The molecule has 0 aliphatic rings. The maximum Gasteiger partial charge on any atom is 0.0406 e. The monoisotopic (exact) mass is 211 g/mol. The van der Waals surface area contributed by atoms with E-state index in [0.29, 0.717) is 12.0 Å². The number of hydrogen-bond donors (Lipinski definition) is 1. The van der Waals surface area contributed by atoms with Crippen molar-refractivity contribution in [3.05, 3.63) is 34.9 Å². The lowest BCUT2D eigenvalue weighted by molar-refractivity contribution is 0.424. The Hall–Kier alpha value is -0.530. The summed E-state index contributed by atoms with van der Waals surface area (Å²) in [6.07, 6.45) is 1.10. The van der Waals surface area contributed by atoms with Crippen molar-refractivity contribution in [1.29, 1.82) is 0 Å². The van der Waals surface area contributed by atoms with Gasteiger partial charge in [-0.1, -0.05) is 30.7 Å². The van der Waals surface area contributed by atoms with Crippen molar-refractivity contribution in [1.82, 2.24) is 5.32 Å². The molecule has 0 bridgehead atoms. The SMILES string of the molecule is CNC(C)C(C)Cc1ccc(Cl)cc1. The van der Waals surface area contributed by atoms with E-state index in [1.165, 1.54) is 5.56 Å². The largest absolute Gasteiger partial charge is 0.317 e. The molecule has 0 spiro atoms. The Balaban J connectivity index is 2.56. The standard InChI is InChI=1S/C12H18ClN/c1-9(10(2)14-3)8-11-4-6-12(13)7-5-11/h4-7,9-10,14H,8H2,1-3H3. The minimum absolute atomic E-state index is 0.547. The second-order valence-electron chi connectivity index (χ2n) is 3.89. The number of halogens is 1. The maximum absolute atomic E-state index is 5.83. The summed E-state index contributed by atoms with van der Waals surface area (Å²) in [5.41, 5.74) is 1.35. The molecule has 1 aromatic carbocycles. The fraction of sp³-hybridized carbons (Fsp3) is 0.500. The van der Waals surface area contributed by atoms with Gasteiger partial charge in [0, 0.05) is 11.1 Å². The number of rotatable bonds is 4. The van der Waals surface area contributed by atoms with Crippen molar-refractivity contribution in [2.75, 3.05) is 7.05 Å². The van der Waals surface area contributed by atoms with E-state index >= 15 is 0 Å². The van der Waals surface area contributed by atoms with Crippen LogP contribution in [0.3, 0.4) is 0 Å². The molecule has 0 aromatic heterocycles. The quantitative estimate of drug-likeness (QED) is 0.807. The third-order valence-electron chi connectivity index (χ3n) is 2.78. The van der Waals surface area contributed by atoms with Crippen molar-refractivity contribution < 1.29 is 0 Å². The van der Waals surface area contributed by atoms with Gasteiger partial charge in [0.1, 0.15) is 0 Å². The number of nitrogens with one attached hydrogen (secondary N) is 1. The molecule has 0 radical (unpaired) electrons. The normalized spacial score (nSPS) is 15.1. The van der Waals surface area contributed by atoms with Crippen molar-refractivity contribution >= 4 is 11.6 Å². The van der Waals surface area contributed by atoms with Gasteiger partial charge in [-0.2, -0.15) is 0 Å². The summed E-state index contributed by atoms with van der Waals surface area (Å²) in [5.74, 6) is 0.640. The second kappa shape index (κ2) is 5.38. The van der Waals surface area contributed by atoms with E-state index in [0.717, 1.165) is 11.4 Å². The Labute approximate surface area is 91.5 Å². The van der Waals surface area contributed by atoms with E-state index in [1.54, 1.807) is 0 Å². The maximum atomic E-state index is 5.83. The molecule has 1 aromatic rings. The van der Waals surface area contributed by atoms with E-state index in [4.69, 9.17) is 11.6 Å². The number of benzene rings is 1. The van der Waals surface area contributed by atoms with Crippen LogP contribution in [0, 0.1) is 5.92 Å². The van der Waals surface area contributed by atoms with Crippen molar-refractivity contribution in [3.8, 4) is 0 Å². The third-order valence-corrected chi connectivity index (χ3v) is 3.03. The van der Waals surface area contributed by atoms with E-state index in [2.05, 4.69) is 31.3 Å². The van der Waals surface area contributed by atoms with Gasteiger partial charge in [0.2, 0.25) is 0 Å². The average Bonchev–Trinajstić information content (AvgIpc) is 2.20. The van der Waals surface area contributed by atoms with E-state index in [1.807, 2.05) is 19.2 Å². The van der Waals surface area contributed by atoms with Gasteiger partial charge in [0.15, 0.2) is 0 Å². The van der Waals surface area contributed by atoms with Gasteiger partial charge in [-0.15, -0.1) is 0 Å². The molecule has 2 heteroatoms. The van der Waals surface area contributed by atoms with Gasteiger partial charge in [-0.3, -0.25) is 0 Å². The zero-order valence-electron chi connectivity index (χ0n) is 9.05. The first-order valence-electron chi connectivity index (χ1n) is 5.05. The molecule has 1 rings (SSSR count). The second-order valence-corrected chi connectivity index (χ2v) is 4.32. The highest BCUT2D eigenvalue weighted by molar-refractivity contribution is 6.30. The summed E-state index contributed by atoms with van der Waals surface area (Å²) in [4.78, 5) is 0. The van der Waals surface area contributed by atoms with Crippen molar-refractivity contribution in [3.63, 3.8) is 0 Å². The highest BCUT2D eigenvalue weighted by atomic mass is 35.5. The lowest BCUT2D eigenvalue weighted by Crippen LogP contribution is -2.29. The third kappa shape index (κ3) is 3.32. The Morgan fingerprint density at radius 1 is 1.21 bits per heavy atom. The van der Waals surface area contributed by atoms with Crippen LogP contribution >= 0.6 is 11.6 Å². The van der Waals surface area contributed by atoms with Crippen LogP contribution in [0.25, 0.3) is 0 Å². The highest BCUT2D eigenvalue weighted by Gasteiger charge is 2.10. The molecule has 0 amide bonds. The van der Waals surface area contributed by atoms with E-state index in [9.17, 15) is 0 Å². The van der Waals surface area contributed by atoms with Crippen LogP contribution in [0.2, 0.25) is 5.02 Å². The summed E-state index contributed by atoms with van der Waals surface area (Å²) in [5, 5.41) is 4.08. The van der Waals surface area contributed by atoms with E-state index < -0.39 is 0 Å². The van der Waals surface area contributed by atoms with Crippen LogP contribution < -0.4 is 5.32 Å². The topological polar surface area (TPSA) is 12.0 Å². The molecule has 0 heterocycles. The summed E-state index contributed by atoms with van der Waals surface area (Å²) in [6, 6.07) is 8.65. The van der Waals surface area contributed by atoms with Gasteiger partial charge in [-0.05, 0) is 44.0 Å². The molecule has 1 N–H and O–H groups in total. The minimum Gasteiger partial charge on any atom is -0.317 e. The predicted octanol–water partition coefficient (Wildman–Crippen LogP) is 3.13. The summed E-state index contributed by atoms with van der Waals surface area (Å²) < 4.78 is 0. The van der Waals surface area contributed by atoms with Crippen LogP contribution in [0.4, 0.5) is 0 Å². The molecular weight excluding hydrogens is 194 g/mol. The Kier molecular flexibility index (Phi) is 4.43. The van der Waals surface area contributed by atoms with Gasteiger partial charge >= 0.3 is 0 Å². The van der Waals surface area contributed by atoms with Crippen LogP contribution in [-0.2, 0) is 6.42 Å². The van der Waals surface area contributed by atoms with Crippen LogP contribution in [0.1, 0.15) is 19.4 Å². The molecule has 0 saturated carbocycles. The average molecular weight is 212 g/mol. The summed E-state index contributed by atoms with van der Waals surface area (Å²) in [6.45, 7) is 4.47. The lowest BCUT2D eigenvalue weighted by atomic mass is 9.95. The first kappa shape index (κ1) is 11.5. The smallest absolute Gasteiger partial charge is 0.0406 e. The summed E-state index contributed by atoms with van der Waals surface area (Å²) >= 11 is 5.83. The lowest BCUT2D eigenvalue weighted by Gasteiger charge is -2.19. The number of hydrogen-bond acceptors (Lipinski definition) is 1. The molecule has 2 atom stereocenters. The molecule has 0 aliphatic heterocycles. The summed E-state index contributed by atoms with van der Waals surface area (Å²) in [7, 11) is 2.00. The molecule has 1 nitrogen and oxygen atoms in total. The molecule has 0 aliphatic carbocycles. The van der Waals surface area contributed by atoms with Gasteiger partial charge < -0.3 is 5.32 Å². The van der Waals surface area contributed by atoms with Crippen LogP contribution in [0.15, 0.2) is 24.3 Å². The molecule has 0 saturated heterocycles. The van der Waals surface area contributed by atoms with Gasteiger partial charge in [0.25, 0.3) is 0 Å². The zero-order valence-corrected chi connectivity index (χ0v) is 9.81. The molecule has 78 valence electrons. The fourth-order valence-electron chi connectivity index (χ4n) is 1.45. The minimum atomic E-state index is 0.547. The molecule has 14 heavy (non-hydrogen) atoms. The first-order chi connectivity index (χ1) is 6.63. The molecular formula is C12H18ClN. The predicted molar refractivity (Wildman–Crippen MR) is 62.8 cm³/mol. The Morgan fingerprint density at radius 2 is 1.79 bits per heavy atom. The first-order valence-corrected chi connectivity index (χ1v) is 5.43. The Morgan fingerprint density at radius 3 is 2.29 bits per heavy atom. The Bertz CT molecular complexity index is 268. The van der Waals surface area contributed by atoms with Gasteiger partial charge in [0.05, 0.1) is 0 Å². The van der Waals surface area contributed by atoms with Crippen molar-refractivity contribution in [2.24, 2.45) is 5.92 Å². The van der Waals surface area contributed by atoms with Crippen molar-refractivity contribution in [2.45, 2.75) is 26.3 Å². The molecule has 2 unspecified atom stereocenters. The van der Waals surface area contributed by atoms with Gasteiger partial charge in [-0.25, -0.2) is 0 Å². The molecule has 0 fully saturated rings. The van der Waals surface area contributed by atoms with Crippen LogP contribution in [-0.4, -0.2) is 13.1 Å². The highest BCUT2D eigenvalue weighted by Crippen LogP contribution is 2.14.